The van der Waals surface area contributed by atoms with Gasteiger partial charge < -0.3 is 30.8 Å². The molecule has 4 N–H and O–H groups in total. The first-order valence-electron chi connectivity index (χ1n) is 17.2. The maximum atomic E-state index is 12.7. The van der Waals surface area contributed by atoms with Crippen molar-refractivity contribution in [3.05, 3.63) is 102 Å². The van der Waals surface area contributed by atoms with Gasteiger partial charge in [0.15, 0.2) is 5.69 Å². The van der Waals surface area contributed by atoms with Crippen LogP contribution >= 0.6 is 0 Å². The van der Waals surface area contributed by atoms with Crippen molar-refractivity contribution in [3.8, 4) is 0 Å². The van der Waals surface area contributed by atoms with E-state index in [9.17, 15) is 29.8 Å². The molecule has 1 aromatic rings. The van der Waals surface area contributed by atoms with Gasteiger partial charge in [0, 0.05) is 25.8 Å². The Labute approximate surface area is 291 Å². The molecule has 11 nitrogen and oxygen atoms in total. The van der Waals surface area contributed by atoms with E-state index in [1.807, 2.05) is 12.2 Å². The minimum atomic E-state index is -0.912. The van der Waals surface area contributed by atoms with Crippen LogP contribution in [0.15, 0.2) is 85.3 Å². The average Bonchev–Trinajstić information content (AvgIpc) is 3.10. The smallest absolute Gasteiger partial charge is 0.328 e. The Balaban J connectivity index is 2.38. The maximum Gasteiger partial charge on any atom is 0.328 e. The highest BCUT2D eigenvalue weighted by molar-refractivity contribution is 5.91. The number of carbonyl (C=O) groups is 3. The third-order valence-electron chi connectivity index (χ3n) is 7.15. The van der Waals surface area contributed by atoms with Crippen LogP contribution in [0, 0.1) is 18.0 Å². The van der Waals surface area contributed by atoms with Gasteiger partial charge in [0.1, 0.15) is 6.04 Å². The summed E-state index contributed by atoms with van der Waals surface area (Å²) in [6, 6.07) is -0.912. The number of nitrogens with zero attached hydrogens (tertiary/aromatic N) is 2. The van der Waals surface area contributed by atoms with E-state index in [1.54, 1.807) is 6.92 Å². The molecule has 1 heterocycles. The molecule has 0 saturated carbocycles. The molecule has 0 fully saturated rings. The molecule has 0 radical (unpaired) electrons. The Hall–Kier alpha value is -4.35. The van der Waals surface area contributed by atoms with E-state index in [-0.39, 0.29) is 50.8 Å². The van der Waals surface area contributed by atoms with Gasteiger partial charge in [0.2, 0.25) is 17.8 Å². The van der Waals surface area contributed by atoms with Gasteiger partial charge in [0.05, 0.1) is 26.0 Å². The van der Waals surface area contributed by atoms with Crippen LogP contribution < -0.4 is 15.4 Å². The second-order valence-electron chi connectivity index (χ2n) is 11.4. The minimum absolute atomic E-state index is 0.00328. The maximum absolute atomic E-state index is 12.7. The quantitative estimate of drug-likeness (QED) is 0.0348. The summed E-state index contributed by atoms with van der Waals surface area (Å²) in [4.78, 5) is 41.6. The first kappa shape index (κ1) is 42.7. The van der Waals surface area contributed by atoms with Crippen molar-refractivity contribution in [2.24, 2.45) is 5.92 Å². The molecule has 0 aliphatic carbocycles. The van der Waals surface area contributed by atoms with Crippen LogP contribution in [-0.4, -0.2) is 65.4 Å². The van der Waals surface area contributed by atoms with Crippen LogP contribution in [-0.2, 0) is 14.3 Å². The van der Waals surface area contributed by atoms with Crippen LogP contribution in [0.5, 0.6) is 0 Å². The van der Waals surface area contributed by atoms with E-state index in [4.69, 9.17) is 4.74 Å². The summed E-state index contributed by atoms with van der Waals surface area (Å²) >= 11 is 0. The molecular weight excluding hydrogens is 624 g/mol. The van der Waals surface area contributed by atoms with Gasteiger partial charge in [-0.2, -0.15) is 4.73 Å². The lowest BCUT2D eigenvalue weighted by Gasteiger charge is -2.19. The van der Waals surface area contributed by atoms with Gasteiger partial charge in [-0.3, -0.25) is 9.59 Å². The molecule has 11 heteroatoms. The predicted molar refractivity (Wildman–Crippen MR) is 192 cm³/mol. The van der Waals surface area contributed by atoms with E-state index < -0.39 is 23.8 Å². The van der Waals surface area contributed by atoms with Crippen molar-refractivity contribution in [1.82, 2.24) is 15.6 Å². The normalized spacial score (nSPS) is 12.8. The summed E-state index contributed by atoms with van der Waals surface area (Å²) in [5.74, 6) is -2.04. The predicted octanol–water partition coefficient (Wildman–Crippen LogP) is 5.03. The van der Waals surface area contributed by atoms with Gasteiger partial charge in [-0.1, -0.05) is 79.8 Å². The Morgan fingerprint density at radius 1 is 0.878 bits per heavy atom. The number of hydrogen-bond donors (Lipinski definition) is 4. The number of carbonyl (C=O) groups excluding carboxylic acids is 3. The van der Waals surface area contributed by atoms with Crippen molar-refractivity contribution < 1.29 is 34.1 Å². The summed E-state index contributed by atoms with van der Waals surface area (Å²) < 4.78 is 5.82. The molecule has 0 aliphatic heterocycles. The number of amides is 2. The van der Waals surface area contributed by atoms with Crippen LogP contribution in [0.2, 0.25) is 0 Å². The number of rotatable bonds is 26. The minimum Gasteiger partial charge on any atom is -0.618 e. The highest BCUT2D eigenvalue weighted by atomic mass is 16.5. The zero-order chi connectivity index (χ0) is 36.0. The molecule has 2 amide bonds. The summed E-state index contributed by atoms with van der Waals surface area (Å²) in [5.41, 5.74) is 0.377. The number of unbranched alkanes of at least 4 members (excludes halogenated alkanes) is 1. The molecule has 49 heavy (non-hydrogen) atoms. The van der Waals surface area contributed by atoms with E-state index >= 15 is 0 Å². The number of esters is 1. The van der Waals surface area contributed by atoms with E-state index in [0.29, 0.717) is 29.7 Å². The summed E-state index contributed by atoms with van der Waals surface area (Å²) in [6.07, 6.45) is 35.4. The molecule has 1 unspecified atom stereocenters. The van der Waals surface area contributed by atoms with Crippen LogP contribution in [0.1, 0.15) is 93.7 Å². The molecule has 0 spiro atoms. The standard InChI is InChI=1S/C38H56N4O7/c1-3-4-5-6-7-8-9-10-11-12-13-14-15-16-17-18-19-20-21-25-36(45)41-34(38(47)49-31-33(29-43)30-44)24-22-23-26-39-37(46)35-28-42(48)32(2)27-40-35/h4-5,7-8,10-11,13-14,16-17,19-20,27-28,33-34,43-44H,3,6,9,12,15,18,21-26,29-31H2,1-2H3,(H,39,46)(H,41,45)/b5-4-,8-7-,11-10-,14-13-,17-16-,20-19-. The number of aliphatic hydroxyl groups is 2. The summed E-state index contributed by atoms with van der Waals surface area (Å²) in [7, 11) is 0. The molecule has 0 bridgehead atoms. The molecule has 0 saturated heterocycles. The molecule has 270 valence electrons. The second-order valence-corrected chi connectivity index (χ2v) is 11.4. The molecular formula is C38H56N4O7. The van der Waals surface area contributed by atoms with E-state index in [1.165, 1.54) is 6.20 Å². The fourth-order valence-electron chi connectivity index (χ4n) is 4.18. The Bertz CT molecular complexity index is 1270. The monoisotopic (exact) mass is 680 g/mol. The van der Waals surface area contributed by atoms with Crippen molar-refractivity contribution in [2.75, 3.05) is 26.4 Å². The fourth-order valence-corrected chi connectivity index (χ4v) is 4.18. The third kappa shape index (κ3) is 22.0. The van der Waals surface area contributed by atoms with Crippen molar-refractivity contribution in [2.45, 2.75) is 90.5 Å². The average molecular weight is 681 g/mol. The molecule has 0 aromatic carbocycles. The number of hydrogen-bond acceptors (Lipinski definition) is 8. The number of nitrogens with one attached hydrogen (secondary N) is 2. The zero-order valence-corrected chi connectivity index (χ0v) is 29.2. The van der Waals surface area contributed by atoms with Gasteiger partial charge in [0.25, 0.3) is 5.91 Å². The zero-order valence-electron chi connectivity index (χ0n) is 29.2. The van der Waals surface area contributed by atoms with Gasteiger partial charge in [-0.15, -0.1) is 0 Å². The van der Waals surface area contributed by atoms with E-state index in [2.05, 4.69) is 83.3 Å². The van der Waals surface area contributed by atoms with Gasteiger partial charge in [-0.05, 0) is 64.2 Å². The summed E-state index contributed by atoms with van der Waals surface area (Å²) in [6.45, 7) is 3.15. The van der Waals surface area contributed by atoms with E-state index in [0.717, 1.165) is 44.7 Å². The first-order valence-corrected chi connectivity index (χ1v) is 17.2. The Kier molecular flexibility index (Phi) is 24.9. The lowest BCUT2D eigenvalue weighted by atomic mass is 10.1. The highest BCUT2D eigenvalue weighted by Gasteiger charge is 2.23. The summed E-state index contributed by atoms with van der Waals surface area (Å²) in [5, 5.41) is 35.6. The molecule has 0 aliphatic rings. The van der Waals surface area contributed by atoms with Gasteiger partial charge >= 0.3 is 5.97 Å². The number of allylic oxidation sites excluding steroid dienone is 12. The van der Waals surface area contributed by atoms with Crippen molar-refractivity contribution in [3.63, 3.8) is 0 Å². The topological polar surface area (TPSA) is 165 Å². The second kappa shape index (κ2) is 28.6. The lowest BCUT2D eigenvalue weighted by molar-refractivity contribution is -0.613. The van der Waals surface area contributed by atoms with Crippen molar-refractivity contribution >= 4 is 17.8 Å². The number of ether oxygens (including phenoxy) is 1. The van der Waals surface area contributed by atoms with Crippen LogP contribution in [0.3, 0.4) is 0 Å². The van der Waals surface area contributed by atoms with Gasteiger partial charge in [-0.25, -0.2) is 9.78 Å². The fraction of sp³-hybridized carbons (Fsp3) is 0.500. The first-order chi connectivity index (χ1) is 23.8. The largest absolute Gasteiger partial charge is 0.618 e. The molecule has 1 aromatic heterocycles. The lowest BCUT2D eigenvalue weighted by Crippen LogP contribution is -2.42. The Morgan fingerprint density at radius 2 is 1.43 bits per heavy atom. The number of aliphatic hydroxyl groups excluding tert-OH is 2. The Morgan fingerprint density at radius 3 is 1.96 bits per heavy atom. The SMILES string of the molecule is CC/C=C\C/C=C\C/C=C\C/C=C\C/C=C\C/C=C\CCC(=O)NC(CCCCNC(=O)c1c[n+]([O-])c(C)cn1)C(=O)OCC(CO)CO. The highest BCUT2D eigenvalue weighted by Crippen LogP contribution is 2.07. The number of aromatic nitrogens is 2. The van der Waals surface area contributed by atoms with Crippen LogP contribution in [0.4, 0.5) is 0 Å². The van der Waals surface area contributed by atoms with Crippen molar-refractivity contribution in [1.29, 1.82) is 0 Å². The number of aryl methyl sites for hydroxylation is 1. The molecule has 1 atom stereocenters. The van der Waals surface area contributed by atoms with Crippen LogP contribution in [0.25, 0.3) is 0 Å². The third-order valence-corrected chi connectivity index (χ3v) is 7.15. The molecule has 1 rings (SSSR count).